The molecule has 0 radical (unpaired) electrons. The van der Waals surface area contributed by atoms with Gasteiger partial charge >= 0.3 is 6.03 Å². The van der Waals surface area contributed by atoms with Crippen LogP contribution in [0.5, 0.6) is 0 Å². The van der Waals surface area contributed by atoms with Gasteiger partial charge in [-0.3, -0.25) is 10.1 Å². The van der Waals surface area contributed by atoms with Gasteiger partial charge in [-0.05, 0) is 43.2 Å². The van der Waals surface area contributed by atoms with E-state index in [0.717, 1.165) is 10.3 Å². The lowest BCUT2D eigenvalue weighted by Gasteiger charge is -2.10. The molecule has 0 bridgehead atoms. The van der Waals surface area contributed by atoms with Crippen molar-refractivity contribution in [3.63, 3.8) is 0 Å². The Kier molecular flexibility index (Phi) is 5.83. The lowest BCUT2D eigenvalue weighted by Crippen LogP contribution is -2.13. The van der Waals surface area contributed by atoms with Crippen LogP contribution >= 0.6 is 22.9 Å². The summed E-state index contributed by atoms with van der Waals surface area (Å²) in [6.45, 7) is 3.77. The van der Waals surface area contributed by atoms with Gasteiger partial charge in [-0.15, -0.1) is 0 Å². The van der Waals surface area contributed by atoms with Crippen molar-refractivity contribution in [2.75, 3.05) is 10.6 Å². The summed E-state index contributed by atoms with van der Waals surface area (Å²) in [6, 6.07) is 10.1. The van der Waals surface area contributed by atoms with Gasteiger partial charge < -0.3 is 5.32 Å². The summed E-state index contributed by atoms with van der Waals surface area (Å²) in [7, 11) is 0. The van der Waals surface area contributed by atoms with Crippen molar-refractivity contribution < 1.29 is 9.59 Å². The fourth-order valence-corrected chi connectivity index (χ4v) is 3.56. The van der Waals surface area contributed by atoms with Gasteiger partial charge in [-0.2, -0.15) is 0 Å². The molecule has 8 heteroatoms. The van der Waals surface area contributed by atoms with Crippen LogP contribution in [0, 0.1) is 6.92 Å². The number of aliphatic imine (C=N–C) groups is 1. The molecule has 0 atom stereocenters. The molecule has 3 aromatic rings. The highest BCUT2D eigenvalue weighted by Gasteiger charge is 2.13. The molecule has 3 rings (SSSR count). The van der Waals surface area contributed by atoms with Crippen molar-refractivity contribution in [3.05, 3.63) is 52.5 Å². The maximum atomic E-state index is 12.6. The summed E-state index contributed by atoms with van der Waals surface area (Å²) in [4.78, 5) is 32.3. The third kappa shape index (κ3) is 4.50. The summed E-state index contributed by atoms with van der Waals surface area (Å²) in [5.74, 6) is -0.264. The number of hydrogen-bond donors (Lipinski definition) is 2. The first kappa shape index (κ1) is 19.0. The van der Waals surface area contributed by atoms with Gasteiger partial charge in [0.2, 0.25) is 0 Å². The third-order valence-corrected chi connectivity index (χ3v) is 4.96. The quantitative estimate of drug-likeness (QED) is 0.565. The maximum absolute atomic E-state index is 12.6. The number of anilines is 2. The second-order valence-corrected chi connectivity index (χ2v) is 7.18. The zero-order valence-corrected chi connectivity index (χ0v) is 16.3. The van der Waals surface area contributed by atoms with E-state index in [-0.39, 0.29) is 5.91 Å². The molecule has 3 amide bonds. The molecule has 0 fully saturated rings. The molecule has 2 N–H and O–H groups in total. The summed E-state index contributed by atoms with van der Waals surface area (Å²) in [6.07, 6.45) is 2.21. The number of rotatable bonds is 4. The lowest BCUT2D eigenvalue weighted by molar-refractivity contribution is 0.102. The molecule has 0 aliphatic rings. The average molecular weight is 401 g/mol. The van der Waals surface area contributed by atoms with Gasteiger partial charge in [0.15, 0.2) is 5.13 Å². The first-order valence-corrected chi connectivity index (χ1v) is 9.48. The zero-order valence-electron chi connectivity index (χ0n) is 14.7. The van der Waals surface area contributed by atoms with Crippen LogP contribution in [0.25, 0.3) is 10.2 Å². The smallest absolute Gasteiger partial charge is 0.320 e. The molecular formula is C19H17ClN4O2S. The van der Waals surface area contributed by atoms with Gasteiger partial charge in [0, 0.05) is 11.8 Å². The third-order valence-electron chi connectivity index (χ3n) is 3.72. The van der Waals surface area contributed by atoms with E-state index in [1.54, 1.807) is 24.3 Å². The molecule has 138 valence electrons. The van der Waals surface area contributed by atoms with Crippen molar-refractivity contribution >= 4 is 62.1 Å². The van der Waals surface area contributed by atoms with Gasteiger partial charge in [0.1, 0.15) is 0 Å². The monoisotopic (exact) mass is 400 g/mol. The van der Waals surface area contributed by atoms with E-state index in [9.17, 15) is 9.59 Å². The Hall–Kier alpha value is -2.77. The highest BCUT2D eigenvalue weighted by Crippen LogP contribution is 2.29. The summed E-state index contributed by atoms with van der Waals surface area (Å²) < 4.78 is 0.785. The van der Waals surface area contributed by atoms with Crippen LogP contribution in [0.3, 0.4) is 0 Å². The summed E-state index contributed by atoms with van der Waals surface area (Å²) >= 11 is 7.45. The van der Waals surface area contributed by atoms with E-state index in [0.29, 0.717) is 33.3 Å². The highest BCUT2D eigenvalue weighted by molar-refractivity contribution is 7.22. The van der Waals surface area contributed by atoms with Crippen molar-refractivity contribution in [1.29, 1.82) is 0 Å². The number of urea groups is 1. The first-order valence-electron chi connectivity index (χ1n) is 8.28. The van der Waals surface area contributed by atoms with Crippen molar-refractivity contribution in [2.24, 2.45) is 4.99 Å². The van der Waals surface area contributed by atoms with Crippen LogP contribution in [0.1, 0.15) is 29.3 Å². The number of nitrogens with one attached hydrogen (secondary N) is 2. The minimum absolute atomic E-state index is 0.264. The number of fused-ring (bicyclic) bond motifs is 1. The molecule has 2 aromatic carbocycles. The molecule has 0 saturated carbocycles. The molecule has 1 heterocycles. The second-order valence-electron chi connectivity index (χ2n) is 5.74. The topological polar surface area (TPSA) is 83.5 Å². The Morgan fingerprint density at radius 3 is 2.81 bits per heavy atom. The van der Waals surface area contributed by atoms with Crippen LogP contribution in [0.2, 0.25) is 5.02 Å². The van der Waals surface area contributed by atoms with E-state index < -0.39 is 6.03 Å². The minimum atomic E-state index is -0.469. The molecule has 1 aromatic heterocycles. The van der Waals surface area contributed by atoms with Crippen LogP contribution < -0.4 is 10.6 Å². The maximum Gasteiger partial charge on any atom is 0.346 e. The highest BCUT2D eigenvalue weighted by atomic mass is 35.5. The number of nitrogens with zero attached hydrogens (tertiary/aromatic N) is 2. The first-order chi connectivity index (χ1) is 13.0. The number of aromatic nitrogens is 1. The fourth-order valence-electron chi connectivity index (χ4n) is 2.39. The Morgan fingerprint density at radius 2 is 2.07 bits per heavy atom. The molecule has 0 aliphatic heterocycles. The number of benzene rings is 2. The largest absolute Gasteiger partial charge is 0.346 e. The van der Waals surface area contributed by atoms with Crippen molar-refractivity contribution in [2.45, 2.75) is 20.3 Å². The fraction of sp³-hybridized carbons (Fsp3) is 0.158. The Labute approximate surface area is 165 Å². The van der Waals surface area contributed by atoms with Crippen molar-refractivity contribution in [1.82, 2.24) is 4.98 Å². The number of hydrogen-bond acceptors (Lipinski definition) is 4. The van der Waals surface area contributed by atoms with E-state index in [2.05, 4.69) is 20.6 Å². The number of carbonyl (C=O) groups is 2. The minimum Gasteiger partial charge on any atom is -0.320 e. The predicted molar refractivity (Wildman–Crippen MR) is 112 cm³/mol. The SMILES string of the molecule is CCC=NC(=O)Nc1nc2ccc(C(=O)Nc3c(C)cccc3Cl)cc2s1. The number of halogens is 1. The second kappa shape index (κ2) is 8.28. The number of carbonyl (C=O) groups excluding carboxylic acids is 2. The predicted octanol–water partition coefficient (Wildman–Crippen LogP) is 5.52. The molecule has 0 saturated heterocycles. The molecule has 0 spiro atoms. The molecule has 27 heavy (non-hydrogen) atoms. The van der Waals surface area contributed by atoms with Crippen LogP contribution in [-0.4, -0.2) is 23.1 Å². The van der Waals surface area contributed by atoms with Gasteiger partial charge in [-0.1, -0.05) is 42.0 Å². The van der Waals surface area contributed by atoms with E-state index in [4.69, 9.17) is 11.6 Å². The van der Waals surface area contributed by atoms with Crippen LogP contribution in [0.15, 0.2) is 41.4 Å². The van der Waals surface area contributed by atoms with E-state index in [1.165, 1.54) is 17.6 Å². The average Bonchev–Trinajstić information content (AvgIpc) is 3.04. The van der Waals surface area contributed by atoms with E-state index >= 15 is 0 Å². The molecule has 0 aliphatic carbocycles. The van der Waals surface area contributed by atoms with Gasteiger partial charge in [0.25, 0.3) is 5.91 Å². The van der Waals surface area contributed by atoms with Gasteiger partial charge in [-0.25, -0.2) is 14.8 Å². The zero-order chi connectivity index (χ0) is 19.4. The molecule has 6 nitrogen and oxygen atoms in total. The molecule has 0 unspecified atom stereocenters. The number of aryl methyl sites for hydroxylation is 1. The number of amides is 3. The Morgan fingerprint density at radius 1 is 1.26 bits per heavy atom. The van der Waals surface area contributed by atoms with Crippen molar-refractivity contribution in [3.8, 4) is 0 Å². The normalized spacial score (nSPS) is 11.1. The molecular weight excluding hydrogens is 384 g/mol. The number of para-hydroxylation sites is 1. The Bertz CT molecular complexity index is 1030. The lowest BCUT2D eigenvalue weighted by atomic mass is 10.1. The summed E-state index contributed by atoms with van der Waals surface area (Å²) in [5.41, 5.74) is 2.65. The van der Waals surface area contributed by atoms with Crippen LogP contribution in [-0.2, 0) is 0 Å². The van der Waals surface area contributed by atoms with Crippen LogP contribution in [0.4, 0.5) is 15.6 Å². The van der Waals surface area contributed by atoms with Gasteiger partial charge in [0.05, 0.1) is 20.9 Å². The Balaban J connectivity index is 1.81. The standard InChI is InChI=1S/C19H17ClN4O2S/c1-3-9-21-18(26)24-19-22-14-8-7-12(10-15(14)27-19)17(25)23-16-11(2)5-4-6-13(16)20/h4-10H,3H2,1-2H3,(H,23,25)(H,22,24,26). The number of thiazole rings is 1. The van der Waals surface area contributed by atoms with E-state index in [1.807, 2.05) is 26.0 Å². The summed E-state index contributed by atoms with van der Waals surface area (Å²) in [5, 5.41) is 6.39.